The molecule has 0 aliphatic heterocycles. The molecule has 0 aromatic heterocycles. The summed E-state index contributed by atoms with van der Waals surface area (Å²) >= 11 is 10.3. The molecule has 4 nitrogen and oxygen atoms in total. The van der Waals surface area contributed by atoms with Gasteiger partial charge in [0.1, 0.15) is 0 Å². The predicted molar refractivity (Wildman–Crippen MR) is 78.1 cm³/mol. The summed E-state index contributed by atoms with van der Waals surface area (Å²) in [6.07, 6.45) is 6.03. The smallest absolute Gasteiger partial charge is 0.166 e. The Bertz CT molecular complexity index is 259. The largest absolute Gasteiger partial charge is 0.363 e. The lowest BCUT2D eigenvalue weighted by molar-refractivity contribution is 0.719. The molecule has 2 saturated carbocycles. The molecule has 2 aliphatic rings. The van der Waals surface area contributed by atoms with Gasteiger partial charge in [0.15, 0.2) is 10.2 Å². The van der Waals surface area contributed by atoms with E-state index in [-0.39, 0.29) is 0 Å². The maximum absolute atomic E-state index is 5.16. The van der Waals surface area contributed by atoms with Crippen molar-refractivity contribution in [2.24, 2.45) is 0 Å². The summed E-state index contributed by atoms with van der Waals surface area (Å²) in [5, 5.41) is 14.5. The highest BCUT2D eigenvalue weighted by Gasteiger charge is 2.22. The first-order valence-electron chi connectivity index (χ1n) is 6.33. The average molecular weight is 272 g/mol. The van der Waals surface area contributed by atoms with Crippen molar-refractivity contribution in [3.8, 4) is 0 Å². The second-order valence-corrected chi connectivity index (χ2v) is 5.52. The van der Waals surface area contributed by atoms with E-state index in [0.29, 0.717) is 12.1 Å². The third-order valence-electron chi connectivity index (χ3n) is 2.75. The zero-order valence-corrected chi connectivity index (χ0v) is 11.6. The predicted octanol–water partition coefficient (Wildman–Crippen LogP) is 0.629. The summed E-state index contributed by atoms with van der Waals surface area (Å²) in [6.45, 7) is 1.77. The van der Waals surface area contributed by atoms with E-state index in [1.165, 1.54) is 25.7 Å². The molecule has 0 bridgehead atoms. The fourth-order valence-electron chi connectivity index (χ4n) is 1.42. The molecule has 2 fully saturated rings. The fraction of sp³-hybridized carbons (Fsp3) is 0.818. The lowest BCUT2D eigenvalue weighted by Crippen LogP contribution is -2.40. The lowest BCUT2D eigenvalue weighted by Gasteiger charge is -2.11. The molecule has 4 N–H and O–H groups in total. The minimum absolute atomic E-state index is 0.628. The standard InChI is InChI=1S/C11H20N4S2/c16-10(14-8-2-3-8)12-6-1-7-13-11(17)15-9-4-5-9/h8-9H,1-7H2,(H2,12,14,16)(H2,13,15,17). The molecule has 96 valence electrons. The number of hydrogen-bond donors (Lipinski definition) is 4. The molecule has 0 spiro atoms. The van der Waals surface area contributed by atoms with Crippen LogP contribution in [0.2, 0.25) is 0 Å². The molecular formula is C11H20N4S2. The van der Waals surface area contributed by atoms with Crippen LogP contribution in [0.5, 0.6) is 0 Å². The van der Waals surface area contributed by atoms with E-state index in [9.17, 15) is 0 Å². The second kappa shape index (κ2) is 6.35. The zero-order valence-electron chi connectivity index (χ0n) is 9.92. The maximum Gasteiger partial charge on any atom is 0.166 e. The SMILES string of the molecule is S=C(NCCCNC(=S)NC1CC1)NC1CC1. The first-order chi connectivity index (χ1) is 8.24. The van der Waals surface area contributed by atoms with Crippen LogP contribution in [0.25, 0.3) is 0 Å². The molecule has 0 unspecified atom stereocenters. The molecule has 0 radical (unpaired) electrons. The third-order valence-corrected chi connectivity index (χ3v) is 3.27. The summed E-state index contributed by atoms with van der Waals surface area (Å²) < 4.78 is 0. The highest BCUT2D eigenvalue weighted by Crippen LogP contribution is 2.18. The van der Waals surface area contributed by atoms with Gasteiger partial charge in [-0.2, -0.15) is 0 Å². The highest BCUT2D eigenvalue weighted by atomic mass is 32.1. The van der Waals surface area contributed by atoms with Crippen LogP contribution in [0.4, 0.5) is 0 Å². The Morgan fingerprint density at radius 1 is 0.824 bits per heavy atom. The Morgan fingerprint density at radius 2 is 1.24 bits per heavy atom. The van der Waals surface area contributed by atoms with Gasteiger partial charge in [-0.15, -0.1) is 0 Å². The minimum atomic E-state index is 0.628. The molecule has 2 rings (SSSR count). The molecule has 0 aromatic rings. The molecule has 0 atom stereocenters. The minimum Gasteiger partial charge on any atom is -0.363 e. The van der Waals surface area contributed by atoms with E-state index in [0.717, 1.165) is 29.7 Å². The van der Waals surface area contributed by atoms with Crippen LogP contribution in [0.1, 0.15) is 32.1 Å². The van der Waals surface area contributed by atoms with Crippen LogP contribution in [-0.2, 0) is 0 Å². The Morgan fingerprint density at radius 3 is 1.59 bits per heavy atom. The average Bonchev–Trinajstić information content (AvgIpc) is 3.13. The van der Waals surface area contributed by atoms with Crippen molar-refractivity contribution in [1.29, 1.82) is 0 Å². The molecular weight excluding hydrogens is 252 g/mol. The van der Waals surface area contributed by atoms with Crippen molar-refractivity contribution in [2.45, 2.75) is 44.2 Å². The highest BCUT2D eigenvalue weighted by molar-refractivity contribution is 7.80. The monoisotopic (exact) mass is 272 g/mol. The van der Waals surface area contributed by atoms with Crippen molar-refractivity contribution in [3.05, 3.63) is 0 Å². The van der Waals surface area contributed by atoms with E-state index in [1.807, 2.05) is 0 Å². The van der Waals surface area contributed by atoms with Gasteiger partial charge in [0, 0.05) is 25.2 Å². The molecule has 0 aromatic carbocycles. The van der Waals surface area contributed by atoms with Crippen molar-refractivity contribution < 1.29 is 0 Å². The Balaban J connectivity index is 1.39. The molecule has 0 saturated heterocycles. The van der Waals surface area contributed by atoms with Gasteiger partial charge in [-0.05, 0) is 56.5 Å². The van der Waals surface area contributed by atoms with Crippen LogP contribution >= 0.6 is 24.4 Å². The van der Waals surface area contributed by atoms with Crippen LogP contribution < -0.4 is 21.3 Å². The van der Waals surface area contributed by atoms with Gasteiger partial charge < -0.3 is 21.3 Å². The molecule has 0 amide bonds. The van der Waals surface area contributed by atoms with E-state index in [2.05, 4.69) is 21.3 Å². The van der Waals surface area contributed by atoms with Crippen LogP contribution in [0.3, 0.4) is 0 Å². The summed E-state index contributed by atoms with van der Waals surface area (Å²) in [5.41, 5.74) is 0. The van der Waals surface area contributed by atoms with Gasteiger partial charge in [0.2, 0.25) is 0 Å². The summed E-state index contributed by atoms with van der Waals surface area (Å²) in [5.74, 6) is 0. The van der Waals surface area contributed by atoms with Crippen LogP contribution in [0.15, 0.2) is 0 Å². The van der Waals surface area contributed by atoms with Gasteiger partial charge in [-0.1, -0.05) is 0 Å². The van der Waals surface area contributed by atoms with Crippen molar-refractivity contribution in [2.75, 3.05) is 13.1 Å². The quantitative estimate of drug-likeness (QED) is 0.420. The first-order valence-corrected chi connectivity index (χ1v) is 7.14. The summed E-state index contributed by atoms with van der Waals surface area (Å²) in [4.78, 5) is 0. The number of nitrogens with one attached hydrogen (secondary N) is 4. The van der Waals surface area contributed by atoms with Crippen molar-refractivity contribution in [1.82, 2.24) is 21.3 Å². The van der Waals surface area contributed by atoms with Crippen LogP contribution in [0, 0.1) is 0 Å². The van der Waals surface area contributed by atoms with Crippen molar-refractivity contribution in [3.63, 3.8) is 0 Å². The van der Waals surface area contributed by atoms with E-state index in [4.69, 9.17) is 24.4 Å². The Labute approximate surface area is 113 Å². The van der Waals surface area contributed by atoms with Gasteiger partial charge in [0.05, 0.1) is 0 Å². The van der Waals surface area contributed by atoms with Gasteiger partial charge >= 0.3 is 0 Å². The first kappa shape index (κ1) is 12.8. The van der Waals surface area contributed by atoms with Crippen molar-refractivity contribution >= 4 is 34.7 Å². The Hall–Kier alpha value is -0.620. The number of thiocarbonyl (C=S) groups is 2. The fourth-order valence-corrected chi connectivity index (χ4v) is 1.96. The second-order valence-electron chi connectivity index (χ2n) is 4.70. The normalized spacial score (nSPS) is 18.4. The summed E-state index contributed by atoms with van der Waals surface area (Å²) in [7, 11) is 0. The lowest BCUT2D eigenvalue weighted by atomic mass is 10.4. The molecule has 17 heavy (non-hydrogen) atoms. The summed E-state index contributed by atoms with van der Waals surface area (Å²) in [6, 6.07) is 1.26. The van der Waals surface area contributed by atoms with E-state index < -0.39 is 0 Å². The zero-order chi connectivity index (χ0) is 12.1. The van der Waals surface area contributed by atoms with Crippen LogP contribution in [-0.4, -0.2) is 35.4 Å². The molecule has 2 aliphatic carbocycles. The van der Waals surface area contributed by atoms with E-state index >= 15 is 0 Å². The maximum atomic E-state index is 5.16. The molecule has 6 heteroatoms. The van der Waals surface area contributed by atoms with Gasteiger partial charge in [0.25, 0.3) is 0 Å². The number of rotatable bonds is 6. The topological polar surface area (TPSA) is 48.1 Å². The molecule has 0 heterocycles. The Kier molecular flexibility index (Phi) is 4.79. The number of hydrogen-bond acceptors (Lipinski definition) is 2. The third kappa shape index (κ3) is 6.02. The van der Waals surface area contributed by atoms with Gasteiger partial charge in [-0.3, -0.25) is 0 Å². The van der Waals surface area contributed by atoms with E-state index in [1.54, 1.807) is 0 Å². The van der Waals surface area contributed by atoms with Gasteiger partial charge in [-0.25, -0.2) is 0 Å².